The topological polar surface area (TPSA) is 46.3 Å². The zero-order chi connectivity index (χ0) is 13.2. The van der Waals surface area contributed by atoms with Gasteiger partial charge in [-0.2, -0.15) is 0 Å². The third-order valence-electron chi connectivity index (χ3n) is 4.05. The largest absolute Gasteiger partial charge is 0.392 e. The Hall–Kier alpha value is -0.640. The van der Waals surface area contributed by atoms with Gasteiger partial charge in [-0.05, 0) is 32.1 Å². The summed E-state index contributed by atoms with van der Waals surface area (Å²) < 4.78 is 0. The van der Waals surface area contributed by atoms with Gasteiger partial charge in [-0.15, -0.1) is 0 Å². The molecule has 0 spiro atoms. The van der Waals surface area contributed by atoms with Crippen molar-refractivity contribution in [3.05, 3.63) is 0 Å². The molecule has 0 radical (unpaired) electrons. The van der Waals surface area contributed by atoms with Crippen molar-refractivity contribution in [2.45, 2.75) is 53.0 Å². The highest BCUT2D eigenvalue weighted by Gasteiger charge is 2.42. The summed E-state index contributed by atoms with van der Waals surface area (Å²) in [5.41, 5.74) is 5.08. The fourth-order valence-corrected chi connectivity index (χ4v) is 2.72. The van der Waals surface area contributed by atoms with Crippen molar-refractivity contribution >= 4 is 23.1 Å². The number of carbonyl (C=O) groups is 1. The number of carbonyl (C=O) groups excluding carboxylic acids is 1. The van der Waals surface area contributed by atoms with Gasteiger partial charge < -0.3 is 10.6 Å². The van der Waals surface area contributed by atoms with Crippen LogP contribution in [0.3, 0.4) is 0 Å². The van der Waals surface area contributed by atoms with Crippen molar-refractivity contribution in [3.8, 4) is 0 Å². The molecular weight excluding hydrogens is 232 g/mol. The average molecular weight is 256 g/mol. The third-order valence-corrected chi connectivity index (χ3v) is 4.50. The third kappa shape index (κ3) is 2.62. The fraction of sp³-hybridized carbons (Fsp3) is 0.846. The van der Waals surface area contributed by atoms with Crippen LogP contribution < -0.4 is 5.73 Å². The summed E-state index contributed by atoms with van der Waals surface area (Å²) in [5, 5.41) is 0. The summed E-state index contributed by atoms with van der Waals surface area (Å²) in [6, 6.07) is 0.350. The molecule has 0 saturated carbocycles. The second kappa shape index (κ2) is 5.34. The minimum absolute atomic E-state index is 0.115. The zero-order valence-electron chi connectivity index (χ0n) is 11.3. The van der Waals surface area contributed by atoms with Gasteiger partial charge in [0.25, 0.3) is 0 Å². The van der Waals surface area contributed by atoms with Crippen molar-refractivity contribution < 1.29 is 4.79 Å². The van der Waals surface area contributed by atoms with Crippen LogP contribution in [0.4, 0.5) is 0 Å². The van der Waals surface area contributed by atoms with E-state index < -0.39 is 5.41 Å². The van der Waals surface area contributed by atoms with Crippen LogP contribution >= 0.6 is 12.2 Å². The van der Waals surface area contributed by atoms with E-state index in [2.05, 4.69) is 13.8 Å². The Morgan fingerprint density at radius 3 is 2.59 bits per heavy atom. The predicted molar refractivity (Wildman–Crippen MR) is 74.8 cm³/mol. The van der Waals surface area contributed by atoms with Gasteiger partial charge in [0.15, 0.2) is 0 Å². The molecule has 2 N–H and O–H groups in total. The van der Waals surface area contributed by atoms with Crippen LogP contribution in [0.15, 0.2) is 0 Å². The molecule has 0 aromatic carbocycles. The molecule has 1 aliphatic heterocycles. The number of thiocarbonyl (C=S) groups is 1. The van der Waals surface area contributed by atoms with E-state index in [9.17, 15) is 4.79 Å². The van der Waals surface area contributed by atoms with Crippen LogP contribution in [-0.2, 0) is 4.79 Å². The normalized spacial score (nSPS) is 23.8. The molecule has 1 fully saturated rings. The molecule has 2 atom stereocenters. The molecule has 0 aromatic heterocycles. The van der Waals surface area contributed by atoms with Crippen LogP contribution in [-0.4, -0.2) is 28.4 Å². The number of nitrogens with zero attached hydrogens (tertiary/aromatic N) is 1. The second-order valence-corrected chi connectivity index (χ2v) is 5.94. The van der Waals surface area contributed by atoms with Crippen LogP contribution in [0.2, 0.25) is 0 Å². The van der Waals surface area contributed by atoms with Gasteiger partial charge >= 0.3 is 0 Å². The quantitative estimate of drug-likeness (QED) is 0.785. The Bertz CT molecular complexity index is 317. The highest BCUT2D eigenvalue weighted by molar-refractivity contribution is 7.80. The first-order valence-electron chi connectivity index (χ1n) is 6.45. The number of nitrogens with two attached hydrogens (primary N) is 1. The summed E-state index contributed by atoms with van der Waals surface area (Å²) >= 11 is 5.08. The molecule has 0 aromatic rings. The van der Waals surface area contributed by atoms with Gasteiger partial charge in [0, 0.05) is 12.6 Å². The Balaban J connectivity index is 2.92. The van der Waals surface area contributed by atoms with Gasteiger partial charge in [-0.1, -0.05) is 33.0 Å². The zero-order valence-corrected chi connectivity index (χ0v) is 12.1. The Morgan fingerprint density at radius 1 is 1.59 bits per heavy atom. The number of likely N-dealkylation sites (tertiary alicyclic amines) is 1. The maximum Gasteiger partial charge on any atom is 0.235 e. The molecule has 4 heteroatoms. The van der Waals surface area contributed by atoms with E-state index in [0.29, 0.717) is 23.4 Å². The minimum Gasteiger partial charge on any atom is -0.392 e. The lowest BCUT2D eigenvalue weighted by molar-refractivity contribution is -0.139. The van der Waals surface area contributed by atoms with Crippen molar-refractivity contribution in [2.75, 3.05) is 6.54 Å². The van der Waals surface area contributed by atoms with Gasteiger partial charge in [-0.3, -0.25) is 4.79 Å². The lowest BCUT2D eigenvalue weighted by Crippen LogP contribution is -2.51. The first-order chi connectivity index (χ1) is 7.84. The lowest BCUT2D eigenvalue weighted by Gasteiger charge is -2.35. The second-order valence-electron chi connectivity index (χ2n) is 5.50. The molecule has 98 valence electrons. The maximum atomic E-state index is 12.6. The highest BCUT2D eigenvalue weighted by Crippen LogP contribution is 2.31. The average Bonchev–Trinajstić information content (AvgIpc) is 2.75. The first kappa shape index (κ1) is 14.4. The summed E-state index contributed by atoms with van der Waals surface area (Å²) in [4.78, 5) is 14.9. The smallest absolute Gasteiger partial charge is 0.235 e. The standard InChI is InChI=1S/C13H24N2OS/c1-5-13(4,11(14)17)12(16)15-8-6-7-10(15)9(2)3/h9-10H,5-8H2,1-4H3,(H2,14,17). The van der Waals surface area contributed by atoms with Gasteiger partial charge in [0.05, 0.1) is 10.4 Å². The molecule has 0 bridgehead atoms. The number of rotatable bonds is 4. The van der Waals surface area contributed by atoms with Gasteiger partial charge in [0.2, 0.25) is 5.91 Å². The van der Waals surface area contributed by atoms with E-state index in [1.807, 2.05) is 18.7 Å². The van der Waals surface area contributed by atoms with Gasteiger partial charge in [-0.25, -0.2) is 0 Å². The van der Waals surface area contributed by atoms with E-state index in [4.69, 9.17) is 18.0 Å². The summed E-state index contributed by atoms with van der Waals surface area (Å²) in [6.07, 6.45) is 2.86. The minimum atomic E-state index is -0.674. The molecule has 3 nitrogen and oxygen atoms in total. The predicted octanol–water partition coefficient (Wildman–Crippen LogP) is 2.34. The molecule has 1 heterocycles. The van der Waals surface area contributed by atoms with Crippen molar-refractivity contribution in [1.29, 1.82) is 0 Å². The Labute approximate surface area is 110 Å². The summed E-state index contributed by atoms with van der Waals surface area (Å²) in [5.74, 6) is 0.609. The van der Waals surface area contributed by atoms with Crippen molar-refractivity contribution in [3.63, 3.8) is 0 Å². The Kier molecular flexibility index (Phi) is 4.53. The highest BCUT2D eigenvalue weighted by atomic mass is 32.1. The van der Waals surface area contributed by atoms with Gasteiger partial charge in [0.1, 0.15) is 0 Å². The van der Waals surface area contributed by atoms with Crippen molar-refractivity contribution in [2.24, 2.45) is 17.1 Å². The molecule has 1 aliphatic rings. The van der Waals surface area contributed by atoms with E-state index >= 15 is 0 Å². The number of hydrogen-bond acceptors (Lipinski definition) is 2. The number of amides is 1. The van der Waals surface area contributed by atoms with Crippen LogP contribution in [0.1, 0.15) is 47.0 Å². The fourth-order valence-electron chi connectivity index (χ4n) is 2.49. The van der Waals surface area contributed by atoms with E-state index in [1.165, 1.54) is 0 Å². The Morgan fingerprint density at radius 2 is 2.18 bits per heavy atom. The number of hydrogen-bond donors (Lipinski definition) is 1. The maximum absolute atomic E-state index is 12.6. The molecular formula is C13H24N2OS. The van der Waals surface area contributed by atoms with E-state index in [1.54, 1.807) is 0 Å². The SMILES string of the molecule is CCC(C)(C(=O)N1CCCC1C(C)C)C(N)=S. The lowest BCUT2D eigenvalue weighted by atomic mass is 9.85. The summed E-state index contributed by atoms with van der Waals surface area (Å²) in [6.45, 7) is 9.02. The summed E-state index contributed by atoms with van der Waals surface area (Å²) in [7, 11) is 0. The molecule has 0 aliphatic carbocycles. The van der Waals surface area contributed by atoms with Crippen LogP contribution in [0.25, 0.3) is 0 Å². The van der Waals surface area contributed by atoms with E-state index in [0.717, 1.165) is 19.4 Å². The van der Waals surface area contributed by atoms with Crippen molar-refractivity contribution in [1.82, 2.24) is 4.90 Å². The van der Waals surface area contributed by atoms with E-state index in [-0.39, 0.29) is 5.91 Å². The first-order valence-corrected chi connectivity index (χ1v) is 6.86. The van der Waals surface area contributed by atoms with Crippen LogP contribution in [0.5, 0.6) is 0 Å². The molecule has 1 saturated heterocycles. The monoisotopic (exact) mass is 256 g/mol. The molecule has 17 heavy (non-hydrogen) atoms. The molecule has 1 amide bonds. The molecule has 2 unspecified atom stereocenters. The molecule has 1 rings (SSSR count). The van der Waals surface area contributed by atoms with Crippen LogP contribution in [0, 0.1) is 11.3 Å².